The van der Waals surface area contributed by atoms with Gasteiger partial charge in [0.05, 0.1) is 18.1 Å². The number of nitrogen functional groups attached to an aromatic ring is 1. The van der Waals surface area contributed by atoms with Crippen LogP contribution in [-0.4, -0.2) is 74.1 Å². The minimum atomic E-state index is -4.16. The largest absolute Gasteiger partial charge is 0.490 e. The first-order chi connectivity index (χ1) is 19.6. The second-order valence-electron chi connectivity index (χ2n) is 10.5. The van der Waals surface area contributed by atoms with Crippen molar-refractivity contribution < 1.29 is 23.1 Å². The fourth-order valence-corrected chi connectivity index (χ4v) is 6.37. The summed E-state index contributed by atoms with van der Waals surface area (Å²) in [5.74, 6) is -0.605. The van der Waals surface area contributed by atoms with E-state index in [4.69, 9.17) is 20.9 Å². The predicted octanol–water partition coefficient (Wildman–Crippen LogP) is 4.87. The first kappa shape index (κ1) is 35.9. The van der Waals surface area contributed by atoms with Gasteiger partial charge in [0.15, 0.2) is 5.75 Å². The van der Waals surface area contributed by atoms with E-state index in [2.05, 4.69) is 4.90 Å². The molecule has 10 nitrogen and oxygen atoms in total. The molecule has 0 atom stereocenters. The number of nitrogens with zero attached hydrogens (tertiary/aromatic N) is 3. The predicted molar refractivity (Wildman–Crippen MR) is 177 cm³/mol. The zero-order valence-corrected chi connectivity index (χ0v) is 26.7. The highest BCUT2D eigenvalue weighted by Gasteiger charge is 2.27. The molecule has 1 fully saturated rings. The molecular formula is C30H41Cl2N5O5S. The minimum absolute atomic E-state index is 0. The van der Waals surface area contributed by atoms with E-state index < -0.39 is 21.7 Å². The smallest absolute Gasteiger partial charge is 0.320 e. The molecule has 0 radical (unpaired) electrons. The van der Waals surface area contributed by atoms with Crippen LogP contribution in [0.3, 0.4) is 0 Å². The lowest BCUT2D eigenvalue weighted by Gasteiger charge is -2.34. The molecule has 13 heteroatoms. The number of aliphatic imine (C=N–C) groups is 1. The zero-order chi connectivity index (χ0) is 29.4. The monoisotopic (exact) mass is 653 g/mol. The summed E-state index contributed by atoms with van der Waals surface area (Å²) in [5.41, 5.74) is 7.99. The number of rotatable bonds is 10. The maximum absolute atomic E-state index is 13.0. The lowest BCUT2D eigenvalue weighted by atomic mass is 10.1. The second-order valence-corrected chi connectivity index (χ2v) is 12.4. The van der Waals surface area contributed by atoms with Gasteiger partial charge in [0.2, 0.25) is 10.0 Å². The van der Waals surface area contributed by atoms with Crippen molar-refractivity contribution in [2.24, 2.45) is 10.7 Å². The number of aryl methyl sites for hydroxylation is 1. The Balaban J connectivity index is 0.00000323. The Labute approximate surface area is 266 Å². The van der Waals surface area contributed by atoms with E-state index in [9.17, 15) is 18.3 Å². The molecule has 2 aliphatic heterocycles. The molecule has 0 aromatic heterocycles. The number of amidine groups is 2. The molecule has 0 amide bonds. The molecule has 0 bridgehead atoms. The number of hydrogen-bond acceptors (Lipinski definition) is 7. The average Bonchev–Trinajstić information content (AvgIpc) is 3.22. The number of anilines is 1. The highest BCUT2D eigenvalue weighted by atomic mass is 35.5. The van der Waals surface area contributed by atoms with Crippen LogP contribution in [0, 0.1) is 12.3 Å². The van der Waals surface area contributed by atoms with Gasteiger partial charge in [-0.2, -0.15) is 0 Å². The van der Waals surface area contributed by atoms with E-state index in [0.717, 1.165) is 54.3 Å². The molecule has 1 saturated heterocycles. The van der Waals surface area contributed by atoms with E-state index in [1.165, 1.54) is 25.1 Å². The molecular weight excluding hydrogens is 613 g/mol. The van der Waals surface area contributed by atoms with Gasteiger partial charge >= 0.3 is 5.97 Å². The van der Waals surface area contributed by atoms with Crippen molar-refractivity contribution in [1.29, 1.82) is 5.41 Å². The lowest BCUT2D eigenvalue weighted by Crippen LogP contribution is -2.41. The van der Waals surface area contributed by atoms with E-state index in [1.807, 2.05) is 13.0 Å². The maximum Gasteiger partial charge on any atom is 0.320 e. The number of sulfonamides is 1. The van der Waals surface area contributed by atoms with Crippen molar-refractivity contribution in [3.8, 4) is 5.75 Å². The molecule has 2 aliphatic rings. The highest BCUT2D eigenvalue weighted by Crippen LogP contribution is 2.29. The van der Waals surface area contributed by atoms with Gasteiger partial charge in [-0.15, -0.1) is 24.8 Å². The van der Waals surface area contributed by atoms with Crippen molar-refractivity contribution >= 4 is 64.2 Å². The number of carbonyl (C=O) groups is 1. The quantitative estimate of drug-likeness (QED) is 0.244. The number of nitrogens with one attached hydrogen (secondary N) is 1. The molecule has 2 aromatic rings. The minimum Gasteiger partial charge on any atom is -0.490 e. The third-order valence-corrected chi connectivity index (χ3v) is 8.96. The lowest BCUT2D eigenvalue weighted by molar-refractivity contribution is -0.134. The van der Waals surface area contributed by atoms with Crippen LogP contribution in [0.4, 0.5) is 5.69 Å². The molecule has 4 rings (SSSR count). The van der Waals surface area contributed by atoms with Crippen molar-refractivity contribution in [3.05, 3.63) is 65.2 Å². The third-order valence-electron chi connectivity index (χ3n) is 7.32. The molecule has 2 aromatic carbocycles. The molecule has 4 N–H and O–H groups in total. The van der Waals surface area contributed by atoms with Crippen molar-refractivity contribution in [1.82, 2.24) is 4.90 Å². The van der Waals surface area contributed by atoms with E-state index in [-0.39, 0.29) is 43.3 Å². The molecule has 0 spiro atoms. The summed E-state index contributed by atoms with van der Waals surface area (Å²) in [6.45, 7) is 4.52. The summed E-state index contributed by atoms with van der Waals surface area (Å²) in [5, 5.41) is 16.8. The first-order valence-corrected chi connectivity index (χ1v) is 15.6. The highest BCUT2D eigenvalue weighted by molar-refractivity contribution is 7.93. The number of benzene rings is 2. The number of nitrogens with two attached hydrogens (primary N) is 1. The number of carboxylic acids is 1. The number of ether oxygens (including phenoxy) is 1. The fourth-order valence-electron chi connectivity index (χ4n) is 5.16. The van der Waals surface area contributed by atoms with Crippen LogP contribution in [0.1, 0.15) is 55.2 Å². The summed E-state index contributed by atoms with van der Waals surface area (Å²) in [4.78, 5) is 18.5. The first-order valence-electron chi connectivity index (χ1n) is 14.0. The van der Waals surface area contributed by atoms with Crippen LogP contribution in [0.25, 0.3) is 6.08 Å². The summed E-state index contributed by atoms with van der Waals surface area (Å²) in [6.07, 6.45) is 9.83. The molecule has 0 unspecified atom stereocenters. The summed E-state index contributed by atoms with van der Waals surface area (Å²) < 4.78 is 33.5. The average molecular weight is 655 g/mol. The van der Waals surface area contributed by atoms with Gasteiger partial charge in [-0.3, -0.25) is 19.5 Å². The van der Waals surface area contributed by atoms with E-state index in [1.54, 1.807) is 48.6 Å². The number of halogens is 2. The topological polar surface area (TPSA) is 149 Å². The molecule has 0 aliphatic carbocycles. The zero-order valence-electron chi connectivity index (χ0n) is 24.3. The van der Waals surface area contributed by atoms with Crippen molar-refractivity contribution in [3.63, 3.8) is 0 Å². The van der Waals surface area contributed by atoms with Gasteiger partial charge < -0.3 is 20.5 Å². The van der Waals surface area contributed by atoms with Crippen LogP contribution in [-0.2, 0) is 14.8 Å². The van der Waals surface area contributed by atoms with Crippen LogP contribution in [0.2, 0.25) is 0 Å². The summed E-state index contributed by atoms with van der Waals surface area (Å²) in [7, 11) is -4.16. The van der Waals surface area contributed by atoms with Crippen LogP contribution >= 0.6 is 24.8 Å². The Morgan fingerprint density at radius 1 is 1.16 bits per heavy atom. The molecule has 43 heavy (non-hydrogen) atoms. The standard InChI is InChI=1S/C30H39N5O5S.2ClH/c1-22-19-25(11-12-27(22)40-26-13-17-34(18-14-26)28-10-3-2-4-15-33-28)35(41(38,39)21-29(36)37)16-6-8-23-7-5-9-24(20-23)30(31)32;;/h5-9,11-12,19-20,26H,2-4,10,13-18,21H2,1H3,(H3,31,32)(H,36,37);2*1H/b8-6+;;. The molecule has 2 heterocycles. The van der Waals surface area contributed by atoms with Gasteiger partial charge in [0.1, 0.15) is 17.7 Å². The summed E-state index contributed by atoms with van der Waals surface area (Å²) in [6, 6.07) is 12.1. The van der Waals surface area contributed by atoms with Gasteiger partial charge in [-0.05, 0) is 55.2 Å². The Morgan fingerprint density at radius 2 is 1.91 bits per heavy atom. The summed E-state index contributed by atoms with van der Waals surface area (Å²) >= 11 is 0. The number of hydrogen-bond donors (Lipinski definition) is 3. The SMILES string of the molecule is Cc1cc(N(C/C=C/c2cccc(C(=N)N)c2)S(=O)(=O)CC(=O)O)ccc1OC1CCN(C2=NCCCCC2)CC1.Cl.Cl. The van der Waals surface area contributed by atoms with Crippen molar-refractivity contribution in [2.75, 3.05) is 36.2 Å². The Morgan fingerprint density at radius 3 is 2.58 bits per heavy atom. The second kappa shape index (κ2) is 16.5. The Kier molecular flexibility index (Phi) is 13.8. The third kappa shape index (κ3) is 10.1. The van der Waals surface area contributed by atoms with Gasteiger partial charge in [-0.25, -0.2) is 8.42 Å². The Bertz CT molecular complexity index is 1430. The number of likely N-dealkylation sites (tertiary alicyclic amines) is 1. The van der Waals surface area contributed by atoms with Crippen LogP contribution < -0.4 is 14.8 Å². The number of carboxylic acid groups (broad SMARTS) is 1. The molecule has 236 valence electrons. The van der Waals surface area contributed by atoms with Crippen LogP contribution in [0.5, 0.6) is 5.75 Å². The van der Waals surface area contributed by atoms with Gasteiger partial charge in [0, 0.05) is 44.5 Å². The number of aliphatic carboxylic acids is 1. The number of piperidine rings is 1. The maximum atomic E-state index is 13.0. The van der Waals surface area contributed by atoms with Gasteiger partial charge in [0.25, 0.3) is 0 Å². The Hall–Kier alpha value is -3.28. The van der Waals surface area contributed by atoms with Gasteiger partial charge in [-0.1, -0.05) is 36.8 Å². The molecule has 0 saturated carbocycles. The van der Waals surface area contributed by atoms with Crippen molar-refractivity contribution in [2.45, 2.75) is 51.6 Å². The van der Waals surface area contributed by atoms with E-state index in [0.29, 0.717) is 17.0 Å². The van der Waals surface area contributed by atoms with E-state index >= 15 is 0 Å². The normalized spacial score (nSPS) is 15.9. The van der Waals surface area contributed by atoms with Crippen LogP contribution in [0.15, 0.2) is 53.5 Å². The fraction of sp³-hybridized carbons (Fsp3) is 0.433.